The van der Waals surface area contributed by atoms with Crippen LogP contribution in [-0.2, 0) is 13.0 Å². The number of hydrogen-bond acceptors (Lipinski definition) is 1. The van der Waals surface area contributed by atoms with Crippen molar-refractivity contribution in [1.82, 2.24) is 0 Å². The smallest absolute Gasteiger partial charge is 0.0684 e. The number of aliphatic hydroxyl groups excluding tert-OH is 1. The number of hydrogen-bond donors (Lipinski definition) is 1. The summed E-state index contributed by atoms with van der Waals surface area (Å²) in [5.74, 6) is 0. The maximum absolute atomic E-state index is 9.22. The summed E-state index contributed by atoms with van der Waals surface area (Å²) in [4.78, 5) is 0. The Balaban J connectivity index is 2.23. The fourth-order valence-corrected chi connectivity index (χ4v) is 1.83. The molecule has 2 aromatic rings. The molecule has 0 radical (unpaired) electrons. The molecule has 0 bridgehead atoms. The molecular formula is C14H13ClO. The molecule has 2 aromatic carbocycles. The minimum atomic E-state index is 0.0871. The van der Waals surface area contributed by atoms with E-state index in [-0.39, 0.29) is 6.61 Å². The van der Waals surface area contributed by atoms with Crippen molar-refractivity contribution in [3.8, 4) is 0 Å². The van der Waals surface area contributed by atoms with Crippen molar-refractivity contribution < 1.29 is 5.11 Å². The Bertz CT molecular complexity index is 462. The van der Waals surface area contributed by atoms with E-state index in [1.54, 1.807) is 0 Å². The van der Waals surface area contributed by atoms with Crippen molar-refractivity contribution >= 4 is 11.6 Å². The van der Waals surface area contributed by atoms with Gasteiger partial charge in [0.05, 0.1) is 6.61 Å². The molecule has 0 amide bonds. The van der Waals surface area contributed by atoms with Crippen LogP contribution in [0.4, 0.5) is 0 Å². The van der Waals surface area contributed by atoms with Crippen LogP contribution in [0.1, 0.15) is 16.7 Å². The Hall–Kier alpha value is -1.31. The van der Waals surface area contributed by atoms with Gasteiger partial charge in [-0.15, -0.1) is 0 Å². The van der Waals surface area contributed by atoms with Gasteiger partial charge in [0.2, 0.25) is 0 Å². The first-order chi connectivity index (χ1) is 7.79. The summed E-state index contributed by atoms with van der Waals surface area (Å²) in [6.45, 7) is 0.0871. The first-order valence-electron chi connectivity index (χ1n) is 5.21. The third-order valence-corrected chi connectivity index (χ3v) is 2.85. The fraction of sp³-hybridized carbons (Fsp3) is 0.143. The quantitative estimate of drug-likeness (QED) is 0.860. The maximum Gasteiger partial charge on any atom is 0.0684 e. The number of halogens is 1. The second-order valence-corrected chi connectivity index (χ2v) is 4.17. The van der Waals surface area contributed by atoms with E-state index >= 15 is 0 Å². The van der Waals surface area contributed by atoms with Gasteiger partial charge in [0, 0.05) is 5.02 Å². The van der Waals surface area contributed by atoms with E-state index in [9.17, 15) is 5.11 Å². The topological polar surface area (TPSA) is 20.2 Å². The zero-order valence-electron chi connectivity index (χ0n) is 8.86. The molecular weight excluding hydrogens is 220 g/mol. The minimum Gasteiger partial charge on any atom is -0.392 e. The Kier molecular flexibility index (Phi) is 3.60. The normalized spacial score (nSPS) is 10.4. The Labute approximate surface area is 100 Å². The fourth-order valence-electron chi connectivity index (χ4n) is 1.71. The summed E-state index contributed by atoms with van der Waals surface area (Å²) in [5.41, 5.74) is 3.34. The van der Waals surface area contributed by atoms with Crippen LogP contribution in [0.2, 0.25) is 5.02 Å². The minimum absolute atomic E-state index is 0.0871. The number of benzene rings is 2. The van der Waals surface area contributed by atoms with Gasteiger partial charge in [0.25, 0.3) is 0 Å². The molecule has 2 rings (SSSR count). The summed E-state index contributed by atoms with van der Waals surface area (Å²) in [5, 5.41) is 9.97. The zero-order valence-corrected chi connectivity index (χ0v) is 9.61. The van der Waals surface area contributed by atoms with E-state index in [4.69, 9.17) is 11.6 Å². The van der Waals surface area contributed by atoms with E-state index < -0.39 is 0 Å². The van der Waals surface area contributed by atoms with Crippen LogP contribution in [0.15, 0.2) is 48.5 Å². The van der Waals surface area contributed by atoms with E-state index in [1.807, 2.05) is 48.5 Å². The molecule has 0 saturated heterocycles. The van der Waals surface area contributed by atoms with Gasteiger partial charge in [-0.25, -0.2) is 0 Å². The summed E-state index contributed by atoms with van der Waals surface area (Å²) >= 11 is 5.83. The highest BCUT2D eigenvalue weighted by molar-refractivity contribution is 6.30. The first-order valence-corrected chi connectivity index (χ1v) is 5.59. The van der Waals surface area contributed by atoms with Gasteiger partial charge in [-0.1, -0.05) is 48.0 Å². The molecule has 0 aliphatic carbocycles. The summed E-state index contributed by atoms with van der Waals surface area (Å²) in [6.07, 6.45) is 0.827. The number of rotatable bonds is 3. The van der Waals surface area contributed by atoms with Crippen molar-refractivity contribution in [2.45, 2.75) is 13.0 Å². The predicted molar refractivity (Wildman–Crippen MR) is 66.6 cm³/mol. The summed E-state index contributed by atoms with van der Waals surface area (Å²) in [7, 11) is 0. The predicted octanol–water partition coefficient (Wildman–Crippen LogP) is 3.42. The molecule has 0 spiro atoms. The highest BCUT2D eigenvalue weighted by Gasteiger charge is 2.01. The van der Waals surface area contributed by atoms with Crippen LogP contribution >= 0.6 is 11.6 Å². The maximum atomic E-state index is 9.22. The molecule has 0 aliphatic heterocycles. The van der Waals surface area contributed by atoms with Crippen LogP contribution in [0.3, 0.4) is 0 Å². The van der Waals surface area contributed by atoms with Crippen LogP contribution < -0.4 is 0 Å². The Morgan fingerprint density at radius 3 is 2.12 bits per heavy atom. The highest BCUT2D eigenvalue weighted by Crippen LogP contribution is 2.16. The third kappa shape index (κ3) is 2.63. The lowest BCUT2D eigenvalue weighted by molar-refractivity contribution is 0.281. The SMILES string of the molecule is OCc1ccccc1Cc1ccc(Cl)cc1. The first kappa shape index (κ1) is 11.2. The zero-order chi connectivity index (χ0) is 11.4. The third-order valence-electron chi connectivity index (χ3n) is 2.60. The lowest BCUT2D eigenvalue weighted by atomic mass is 10.0. The van der Waals surface area contributed by atoms with Crippen LogP contribution in [-0.4, -0.2) is 5.11 Å². The van der Waals surface area contributed by atoms with E-state index in [2.05, 4.69) is 0 Å². The van der Waals surface area contributed by atoms with E-state index in [1.165, 1.54) is 5.56 Å². The molecule has 1 N–H and O–H groups in total. The van der Waals surface area contributed by atoms with Gasteiger partial charge in [0.1, 0.15) is 0 Å². The average molecular weight is 233 g/mol. The molecule has 0 unspecified atom stereocenters. The molecule has 82 valence electrons. The van der Waals surface area contributed by atoms with Crippen molar-refractivity contribution in [2.24, 2.45) is 0 Å². The lowest BCUT2D eigenvalue weighted by Gasteiger charge is -2.07. The molecule has 0 saturated carbocycles. The molecule has 16 heavy (non-hydrogen) atoms. The second-order valence-electron chi connectivity index (χ2n) is 3.73. The van der Waals surface area contributed by atoms with Crippen LogP contribution in [0.25, 0.3) is 0 Å². The summed E-state index contributed by atoms with van der Waals surface area (Å²) in [6, 6.07) is 15.7. The molecule has 0 heterocycles. The van der Waals surface area contributed by atoms with Gasteiger partial charge < -0.3 is 5.11 Å². The molecule has 1 nitrogen and oxygen atoms in total. The lowest BCUT2D eigenvalue weighted by Crippen LogP contribution is -1.94. The van der Waals surface area contributed by atoms with Gasteiger partial charge in [-0.2, -0.15) is 0 Å². The second kappa shape index (κ2) is 5.15. The monoisotopic (exact) mass is 232 g/mol. The molecule has 0 aromatic heterocycles. The van der Waals surface area contributed by atoms with E-state index in [0.717, 1.165) is 22.6 Å². The van der Waals surface area contributed by atoms with Gasteiger partial charge in [-0.3, -0.25) is 0 Å². The van der Waals surface area contributed by atoms with Gasteiger partial charge in [0.15, 0.2) is 0 Å². The molecule has 0 atom stereocenters. The molecule has 0 fully saturated rings. The highest BCUT2D eigenvalue weighted by atomic mass is 35.5. The van der Waals surface area contributed by atoms with Gasteiger partial charge in [-0.05, 0) is 35.2 Å². The van der Waals surface area contributed by atoms with Crippen molar-refractivity contribution in [3.05, 3.63) is 70.2 Å². The average Bonchev–Trinajstić information content (AvgIpc) is 2.33. The number of aliphatic hydroxyl groups is 1. The summed E-state index contributed by atoms with van der Waals surface area (Å²) < 4.78 is 0. The van der Waals surface area contributed by atoms with Crippen LogP contribution in [0, 0.1) is 0 Å². The molecule has 0 aliphatic rings. The standard InChI is InChI=1S/C14H13ClO/c15-14-7-5-11(6-8-14)9-12-3-1-2-4-13(12)10-16/h1-8,16H,9-10H2. The molecule has 2 heteroatoms. The Morgan fingerprint density at radius 2 is 1.50 bits per heavy atom. The van der Waals surface area contributed by atoms with Crippen molar-refractivity contribution in [2.75, 3.05) is 0 Å². The van der Waals surface area contributed by atoms with Crippen LogP contribution in [0.5, 0.6) is 0 Å². The largest absolute Gasteiger partial charge is 0.392 e. The van der Waals surface area contributed by atoms with Crippen molar-refractivity contribution in [1.29, 1.82) is 0 Å². The van der Waals surface area contributed by atoms with Crippen molar-refractivity contribution in [3.63, 3.8) is 0 Å². The van der Waals surface area contributed by atoms with Gasteiger partial charge >= 0.3 is 0 Å². The Morgan fingerprint density at radius 1 is 0.875 bits per heavy atom. The van der Waals surface area contributed by atoms with E-state index in [0.29, 0.717) is 0 Å².